The van der Waals surface area contributed by atoms with Gasteiger partial charge in [-0.05, 0) is 97.6 Å². The van der Waals surface area contributed by atoms with Crippen LogP contribution in [0.4, 0.5) is 22.7 Å². The van der Waals surface area contributed by atoms with Crippen LogP contribution in [0.1, 0.15) is 58.5 Å². The molecule has 5 amide bonds. The lowest BCUT2D eigenvalue weighted by molar-refractivity contribution is -0.136. The first kappa shape index (κ1) is 37.5. The van der Waals surface area contributed by atoms with Crippen LogP contribution in [0.25, 0.3) is 11.1 Å². The minimum Gasteiger partial charge on any atom is -0.372 e. The van der Waals surface area contributed by atoms with E-state index in [9.17, 15) is 29.2 Å². The highest BCUT2D eigenvalue weighted by atomic mass is 35.5. The molecule has 0 spiro atoms. The number of hydrogen-bond donors (Lipinski definition) is 1. The van der Waals surface area contributed by atoms with Crippen LogP contribution in [-0.4, -0.2) is 92.1 Å². The number of carbonyl (C=O) groups is 5. The predicted octanol–water partition coefficient (Wildman–Crippen LogP) is 5.35. The number of carbonyl (C=O) groups excluding carboxylic acids is 5. The summed E-state index contributed by atoms with van der Waals surface area (Å²) in [4.78, 5) is 71.3. The zero-order valence-electron chi connectivity index (χ0n) is 31.9. The highest BCUT2D eigenvalue weighted by molar-refractivity contribution is 6.32. The molecule has 0 bridgehead atoms. The number of morpholine rings is 1. The Balaban J connectivity index is 0.792. The Labute approximate surface area is 339 Å². The first-order valence-electron chi connectivity index (χ1n) is 19.3. The number of amides is 5. The number of hydrogen-bond acceptors (Lipinski definition) is 10. The Morgan fingerprint density at radius 3 is 2.31 bits per heavy atom. The van der Waals surface area contributed by atoms with Crippen molar-refractivity contribution < 1.29 is 33.4 Å². The number of ether oxygens (including phenoxy) is 2. The summed E-state index contributed by atoms with van der Waals surface area (Å²) in [6.07, 6.45) is 0.0409. The average molecular weight is 799 g/mol. The maximum Gasteiger partial charge on any atom is 0.262 e. The average Bonchev–Trinajstić information content (AvgIpc) is 3.57. The molecule has 14 heteroatoms. The van der Waals surface area contributed by atoms with E-state index in [1.54, 1.807) is 35.2 Å². The molecule has 4 aromatic carbocycles. The predicted molar refractivity (Wildman–Crippen MR) is 215 cm³/mol. The number of nitriles is 1. The number of benzene rings is 4. The third-order valence-electron chi connectivity index (χ3n) is 11.8. The van der Waals surface area contributed by atoms with E-state index in [4.69, 9.17) is 21.1 Å². The zero-order chi connectivity index (χ0) is 40.5. The Morgan fingerprint density at radius 1 is 0.845 bits per heavy atom. The van der Waals surface area contributed by atoms with Crippen LogP contribution in [-0.2, 0) is 29.3 Å². The number of imide groups is 2. The lowest BCUT2D eigenvalue weighted by Crippen LogP contribution is -2.54. The molecule has 0 radical (unpaired) electrons. The SMILES string of the molecule is CC1(C)C(=O)N(c2ccc(C#N)c(Cl)c2)c2ccc(-c3ccc(N4CC(OCC5CN(c6ccc7c(c6)C(=O)N(C6CCC(=O)NC6=O)C7=O)CCO5)C4)cc3)cc21. The molecule has 0 aromatic heterocycles. The molecule has 0 saturated carbocycles. The number of fused-ring (bicyclic) bond motifs is 2. The van der Waals surface area contributed by atoms with Crippen molar-refractivity contribution >= 4 is 63.9 Å². The van der Waals surface area contributed by atoms with Crippen LogP contribution in [0.3, 0.4) is 0 Å². The first-order chi connectivity index (χ1) is 27.9. The van der Waals surface area contributed by atoms with Crippen molar-refractivity contribution in [3.8, 4) is 17.2 Å². The molecule has 3 saturated heterocycles. The minimum absolute atomic E-state index is 0.0472. The second-order valence-corrected chi connectivity index (χ2v) is 16.2. The third-order valence-corrected chi connectivity index (χ3v) is 12.2. The van der Waals surface area contributed by atoms with Crippen molar-refractivity contribution in [3.05, 3.63) is 106 Å². The number of piperidine rings is 1. The van der Waals surface area contributed by atoms with Gasteiger partial charge in [-0.15, -0.1) is 0 Å². The standard InChI is InChI=1S/C44H39ClN6O7/c1-44(2)35-17-26(6-12-37(35)50(43(44)56)30-9-5-27(20-46)36(45)19-30)25-3-7-28(8-4-25)49-21-31(22-49)58-24-32-23-48(15-16-57-32)29-10-11-33-34(18-29)42(55)51(41(33)54)38-13-14-39(52)47-40(38)53/h3-12,17-19,31-32,38H,13-16,21-24H2,1-2H3,(H,47,52,53). The quantitative estimate of drug-likeness (QED) is 0.231. The topological polar surface area (TPSA) is 153 Å². The van der Waals surface area contributed by atoms with Gasteiger partial charge in [0.25, 0.3) is 11.8 Å². The zero-order valence-corrected chi connectivity index (χ0v) is 32.6. The van der Waals surface area contributed by atoms with Crippen LogP contribution >= 0.6 is 11.6 Å². The van der Waals surface area contributed by atoms with Crippen molar-refractivity contribution in [1.29, 1.82) is 5.26 Å². The van der Waals surface area contributed by atoms with E-state index < -0.39 is 35.1 Å². The number of nitrogens with zero attached hydrogens (tertiary/aromatic N) is 5. The van der Waals surface area contributed by atoms with Crippen LogP contribution in [0, 0.1) is 11.3 Å². The number of nitrogens with one attached hydrogen (secondary N) is 1. The molecule has 5 aliphatic rings. The highest BCUT2D eigenvalue weighted by Crippen LogP contribution is 2.47. The summed E-state index contributed by atoms with van der Waals surface area (Å²) >= 11 is 6.33. The van der Waals surface area contributed by atoms with Crippen molar-refractivity contribution in [2.24, 2.45) is 0 Å². The van der Waals surface area contributed by atoms with E-state index in [-0.39, 0.29) is 42.1 Å². The van der Waals surface area contributed by atoms with Gasteiger partial charge in [-0.25, -0.2) is 0 Å². The summed E-state index contributed by atoms with van der Waals surface area (Å²) in [6, 6.07) is 25.7. The smallest absolute Gasteiger partial charge is 0.262 e. The Hall–Kier alpha value is -6.07. The second kappa shape index (κ2) is 14.4. The monoisotopic (exact) mass is 798 g/mol. The molecular weight excluding hydrogens is 760 g/mol. The Morgan fingerprint density at radius 2 is 1.57 bits per heavy atom. The Bertz CT molecular complexity index is 2460. The summed E-state index contributed by atoms with van der Waals surface area (Å²) in [5, 5.41) is 11.8. The Kier molecular flexibility index (Phi) is 9.31. The summed E-state index contributed by atoms with van der Waals surface area (Å²) in [5.41, 5.74) is 6.36. The van der Waals surface area contributed by atoms with Gasteiger partial charge in [0.1, 0.15) is 12.1 Å². The van der Waals surface area contributed by atoms with E-state index in [1.807, 2.05) is 32.0 Å². The lowest BCUT2D eigenvalue weighted by atomic mass is 9.84. The maximum atomic E-state index is 13.7. The molecule has 294 valence electrons. The van der Waals surface area contributed by atoms with Crippen LogP contribution in [0.2, 0.25) is 5.02 Å². The van der Waals surface area contributed by atoms with Crippen LogP contribution < -0.4 is 20.0 Å². The van der Waals surface area contributed by atoms with Gasteiger partial charge in [-0.2, -0.15) is 5.26 Å². The van der Waals surface area contributed by atoms with Crippen molar-refractivity contribution in [2.75, 3.05) is 54.1 Å². The molecule has 1 N–H and O–H groups in total. The van der Waals surface area contributed by atoms with Crippen molar-refractivity contribution in [1.82, 2.24) is 10.2 Å². The van der Waals surface area contributed by atoms with E-state index in [2.05, 4.69) is 51.5 Å². The fraction of sp³-hybridized carbons (Fsp3) is 0.318. The number of halogens is 1. The molecule has 5 heterocycles. The molecule has 5 aliphatic heterocycles. The van der Waals surface area contributed by atoms with Gasteiger partial charge >= 0.3 is 0 Å². The van der Waals surface area contributed by atoms with Crippen molar-refractivity contribution in [2.45, 2.75) is 50.4 Å². The summed E-state index contributed by atoms with van der Waals surface area (Å²) in [5.74, 6) is -2.16. The largest absolute Gasteiger partial charge is 0.372 e. The lowest BCUT2D eigenvalue weighted by Gasteiger charge is -2.42. The van der Waals surface area contributed by atoms with E-state index in [0.717, 1.165) is 51.7 Å². The summed E-state index contributed by atoms with van der Waals surface area (Å²) < 4.78 is 12.3. The van der Waals surface area contributed by atoms with Crippen molar-refractivity contribution in [3.63, 3.8) is 0 Å². The molecule has 13 nitrogen and oxygen atoms in total. The van der Waals surface area contributed by atoms with E-state index in [0.29, 0.717) is 42.6 Å². The summed E-state index contributed by atoms with van der Waals surface area (Å²) in [7, 11) is 0. The third kappa shape index (κ3) is 6.38. The van der Waals surface area contributed by atoms with Gasteiger partial charge in [0.05, 0.1) is 63.9 Å². The molecule has 9 rings (SSSR count). The fourth-order valence-corrected chi connectivity index (χ4v) is 8.70. The normalized spacial score (nSPS) is 21.5. The van der Waals surface area contributed by atoms with Gasteiger partial charge in [-0.1, -0.05) is 29.8 Å². The van der Waals surface area contributed by atoms with Crippen LogP contribution in [0.15, 0.2) is 78.9 Å². The molecule has 58 heavy (non-hydrogen) atoms. The van der Waals surface area contributed by atoms with Gasteiger partial charge in [0.2, 0.25) is 17.7 Å². The maximum absolute atomic E-state index is 13.7. The molecule has 3 fully saturated rings. The number of anilines is 4. The van der Waals surface area contributed by atoms with Gasteiger partial charge in [0, 0.05) is 44.0 Å². The molecule has 2 unspecified atom stereocenters. The molecule has 0 aliphatic carbocycles. The van der Waals surface area contributed by atoms with Gasteiger partial charge in [-0.3, -0.25) is 39.1 Å². The molecule has 4 aromatic rings. The first-order valence-corrected chi connectivity index (χ1v) is 19.7. The minimum atomic E-state index is -1.01. The fourth-order valence-electron chi connectivity index (χ4n) is 8.48. The van der Waals surface area contributed by atoms with Crippen LogP contribution in [0.5, 0.6) is 0 Å². The highest BCUT2D eigenvalue weighted by Gasteiger charge is 2.46. The summed E-state index contributed by atoms with van der Waals surface area (Å²) in [6.45, 7) is 7.37. The van der Waals surface area contributed by atoms with E-state index >= 15 is 0 Å². The number of rotatable bonds is 8. The van der Waals surface area contributed by atoms with Gasteiger partial charge < -0.3 is 19.3 Å². The van der Waals surface area contributed by atoms with E-state index in [1.165, 1.54) is 0 Å². The molecular formula is C44H39ClN6O7. The van der Waals surface area contributed by atoms with Gasteiger partial charge in [0.15, 0.2) is 0 Å². The molecule has 2 atom stereocenters. The second-order valence-electron chi connectivity index (χ2n) is 15.8.